The molecule has 0 N–H and O–H groups in total. The van der Waals surface area contributed by atoms with Gasteiger partial charge in [-0.3, -0.25) is 0 Å². The standard InChI is InChI=1S/C7H14.C3H8.CH3.In.2H/c1-2-7-5-3-4-6-7;1-3-2;;;;/h7H,2-6H2,1H3;3H2,1-2H3;1H3;;;. The molecule has 1 aliphatic rings. The van der Waals surface area contributed by atoms with Gasteiger partial charge in [0.05, 0.1) is 0 Å². The van der Waals surface area contributed by atoms with Crippen molar-refractivity contribution in [1.29, 1.82) is 0 Å². The summed E-state index contributed by atoms with van der Waals surface area (Å²) in [6.07, 6.45) is 8.68. The van der Waals surface area contributed by atoms with E-state index < -0.39 is 0 Å². The van der Waals surface area contributed by atoms with Gasteiger partial charge in [-0.2, -0.15) is 0 Å². The van der Waals surface area contributed by atoms with Crippen molar-refractivity contribution in [1.82, 2.24) is 0 Å². The Hall–Kier alpha value is 0.870. The number of hydrogen-bond acceptors (Lipinski definition) is 0. The molecule has 0 nitrogen and oxygen atoms in total. The van der Waals surface area contributed by atoms with Gasteiger partial charge >= 0.3 is 29.1 Å². The van der Waals surface area contributed by atoms with E-state index >= 15 is 0 Å². The van der Waals surface area contributed by atoms with Gasteiger partial charge in [-0.15, -0.1) is 0 Å². The third-order valence-electron chi connectivity index (χ3n) is 2.05. The summed E-state index contributed by atoms with van der Waals surface area (Å²) in [6, 6.07) is 0. The van der Waals surface area contributed by atoms with Crippen LogP contribution in [0, 0.1) is 5.92 Å². The Morgan fingerprint density at radius 1 is 1.00 bits per heavy atom. The first kappa shape index (κ1) is 15.3. The second-order valence-corrected chi connectivity index (χ2v) is 3.27. The van der Waals surface area contributed by atoms with Gasteiger partial charge in [0.2, 0.25) is 0 Å². The van der Waals surface area contributed by atoms with Crippen molar-refractivity contribution in [3.63, 3.8) is 0 Å². The first-order valence-corrected chi connectivity index (χ1v) is 11.6. The van der Waals surface area contributed by atoms with E-state index in [2.05, 4.69) is 25.5 Å². The fraction of sp³-hybridized carbons (Fsp3) is 1.00. The molecule has 0 aromatic carbocycles. The van der Waals surface area contributed by atoms with Crippen molar-refractivity contribution in [3.8, 4) is 0 Å². The van der Waals surface area contributed by atoms with Crippen molar-refractivity contribution >= 4 is 24.4 Å². The van der Waals surface area contributed by atoms with Gasteiger partial charge < -0.3 is 0 Å². The molecule has 0 heterocycles. The van der Waals surface area contributed by atoms with Crippen LogP contribution < -0.4 is 0 Å². The summed E-state index contributed by atoms with van der Waals surface area (Å²) in [4.78, 5) is 0. The van der Waals surface area contributed by atoms with E-state index in [1.807, 2.05) is 0 Å². The Balaban J connectivity index is 0. The quantitative estimate of drug-likeness (QED) is 0.684. The zero-order chi connectivity index (χ0) is 9.82. The van der Waals surface area contributed by atoms with Crippen LogP contribution in [0.5, 0.6) is 0 Å². The molecule has 0 amide bonds. The molecule has 1 aliphatic carbocycles. The molecule has 12 heavy (non-hydrogen) atoms. The Bertz CT molecular complexity index is 56.0. The molecule has 0 aromatic heterocycles. The first-order valence-electron chi connectivity index (χ1n) is 5.85. The zero-order valence-electron chi connectivity index (χ0n) is 9.82. The molecule has 0 spiro atoms. The van der Waals surface area contributed by atoms with Gasteiger partial charge in [0.15, 0.2) is 0 Å². The number of rotatable bonds is 1. The maximum absolute atomic E-state index is 2.30. The zero-order valence-corrected chi connectivity index (χ0v) is 15.5. The van der Waals surface area contributed by atoms with E-state index in [0.717, 1.165) is 30.3 Å². The minimum absolute atomic E-state index is 0.950. The van der Waals surface area contributed by atoms with Crippen LogP contribution in [0.25, 0.3) is 0 Å². The summed E-state index contributed by atoms with van der Waals surface area (Å²) >= 11 is 0.950. The van der Waals surface area contributed by atoms with E-state index in [9.17, 15) is 0 Å². The fourth-order valence-electron chi connectivity index (χ4n) is 1.42. The van der Waals surface area contributed by atoms with Gasteiger partial charge in [0.1, 0.15) is 0 Å². The summed E-state index contributed by atoms with van der Waals surface area (Å²) in [7, 11) is 0. The molecule has 1 rings (SSSR count). The second-order valence-electron chi connectivity index (χ2n) is 3.27. The topological polar surface area (TPSA) is 0 Å². The molecule has 0 bridgehead atoms. The van der Waals surface area contributed by atoms with Crippen molar-refractivity contribution < 1.29 is 0 Å². The molecule has 0 saturated heterocycles. The van der Waals surface area contributed by atoms with Crippen LogP contribution >= 0.6 is 0 Å². The van der Waals surface area contributed by atoms with Gasteiger partial charge in [0, 0.05) is 0 Å². The summed E-state index contributed by atoms with van der Waals surface area (Å²) in [5, 5.41) is 0. The van der Waals surface area contributed by atoms with E-state index in [1.165, 1.54) is 38.5 Å². The average molecular weight is 274 g/mol. The molecule has 0 aliphatic heterocycles. The van der Waals surface area contributed by atoms with Crippen molar-refractivity contribution in [2.75, 3.05) is 0 Å². The van der Waals surface area contributed by atoms with E-state index in [1.54, 1.807) is 0 Å². The molecular weight excluding hydrogens is 247 g/mol. The van der Waals surface area contributed by atoms with Gasteiger partial charge in [-0.25, -0.2) is 0 Å². The Labute approximate surface area is 94.1 Å². The van der Waals surface area contributed by atoms with Crippen molar-refractivity contribution in [2.45, 2.75) is 64.0 Å². The summed E-state index contributed by atoms with van der Waals surface area (Å²) in [6.45, 7) is 6.55. The summed E-state index contributed by atoms with van der Waals surface area (Å²) < 4.78 is 2.21. The molecule has 0 aromatic rings. The van der Waals surface area contributed by atoms with Gasteiger partial charge in [0.25, 0.3) is 0 Å². The second kappa shape index (κ2) is 14.4. The number of hydrogen-bond donors (Lipinski definition) is 0. The van der Waals surface area contributed by atoms with Gasteiger partial charge in [-0.1, -0.05) is 59.3 Å². The molecular formula is C11H27In. The Kier molecular flexibility index (Phi) is 18.4. The SMILES string of the molecule is CCC.CCC1CCCC1.[CH3][InH2]. The summed E-state index contributed by atoms with van der Waals surface area (Å²) in [5.74, 6) is 1.10. The predicted octanol–water partition coefficient (Wildman–Crippen LogP) is 3.67. The molecule has 1 saturated carbocycles. The Morgan fingerprint density at radius 3 is 1.50 bits per heavy atom. The molecule has 0 atom stereocenters. The fourth-order valence-corrected chi connectivity index (χ4v) is 1.42. The van der Waals surface area contributed by atoms with Crippen LogP contribution in [0.2, 0.25) is 4.68 Å². The molecule has 0 unspecified atom stereocenters. The third kappa shape index (κ3) is 10.9. The van der Waals surface area contributed by atoms with Crippen LogP contribution in [0.3, 0.4) is 0 Å². The minimum atomic E-state index is 0.950. The van der Waals surface area contributed by atoms with Crippen LogP contribution in [0.15, 0.2) is 0 Å². The molecule has 0 radical (unpaired) electrons. The average Bonchev–Trinajstić information content (AvgIpc) is 2.61. The summed E-state index contributed by atoms with van der Waals surface area (Å²) in [5.41, 5.74) is 0. The predicted molar refractivity (Wildman–Crippen MR) is 62.6 cm³/mol. The van der Waals surface area contributed by atoms with Crippen molar-refractivity contribution in [3.05, 3.63) is 0 Å². The molecule has 74 valence electrons. The Morgan fingerprint density at radius 2 is 1.33 bits per heavy atom. The van der Waals surface area contributed by atoms with E-state index in [0.29, 0.717) is 0 Å². The van der Waals surface area contributed by atoms with Gasteiger partial charge in [-0.05, 0) is 5.92 Å². The van der Waals surface area contributed by atoms with Crippen molar-refractivity contribution in [2.24, 2.45) is 5.92 Å². The maximum atomic E-state index is 2.30. The molecule has 1 fully saturated rings. The van der Waals surface area contributed by atoms with Crippen LogP contribution in [-0.2, 0) is 0 Å². The van der Waals surface area contributed by atoms with Crippen LogP contribution in [-0.4, -0.2) is 24.4 Å². The van der Waals surface area contributed by atoms with E-state index in [4.69, 9.17) is 0 Å². The van der Waals surface area contributed by atoms with Crippen LogP contribution in [0.4, 0.5) is 0 Å². The normalized spacial score (nSPS) is 15.7. The first-order chi connectivity index (χ1) is 5.85. The van der Waals surface area contributed by atoms with Crippen LogP contribution in [0.1, 0.15) is 59.3 Å². The van der Waals surface area contributed by atoms with E-state index in [-0.39, 0.29) is 0 Å². The third-order valence-corrected chi connectivity index (χ3v) is 2.05. The monoisotopic (exact) mass is 274 g/mol. The molecule has 1 heteroatoms.